The van der Waals surface area contributed by atoms with Crippen LogP contribution in [-0.4, -0.2) is 12.1 Å². The highest BCUT2D eigenvalue weighted by Gasteiger charge is 2.51. The van der Waals surface area contributed by atoms with Gasteiger partial charge >= 0.3 is 5.63 Å². The third-order valence-corrected chi connectivity index (χ3v) is 5.92. The molecule has 2 unspecified atom stereocenters. The SMILES string of the molecule is Cc1ccc(N2C3Cc4ccc5ccc(=O)oc5c4CC32)c(Br)c1. The number of hydrogen-bond donors (Lipinski definition) is 0. The molecule has 5 rings (SSSR count). The molecule has 2 aromatic carbocycles. The lowest BCUT2D eigenvalue weighted by atomic mass is 9.90. The number of hydrogen-bond acceptors (Lipinski definition) is 3. The van der Waals surface area contributed by atoms with E-state index in [0.29, 0.717) is 12.1 Å². The molecule has 120 valence electrons. The first kappa shape index (κ1) is 14.3. The zero-order valence-electron chi connectivity index (χ0n) is 13.3. The third kappa shape index (κ3) is 2.06. The quantitative estimate of drug-likeness (QED) is 0.467. The predicted octanol–water partition coefficient (Wildman–Crippen LogP) is 4.22. The van der Waals surface area contributed by atoms with E-state index in [4.69, 9.17) is 4.42 Å². The van der Waals surface area contributed by atoms with E-state index >= 15 is 0 Å². The Hall–Kier alpha value is -2.07. The van der Waals surface area contributed by atoms with Crippen molar-refractivity contribution in [3.05, 3.63) is 74.0 Å². The summed E-state index contributed by atoms with van der Waals surface area (Å²) in [4.78, 5) is 14.1. The third-order valence-electron chi connectivity index (χ3n) is 5.28. The molecule has 1 fully saturated rings. The summed E-state index contributed by atoms with van der Waals surface area (Å²) >= 11 is 3.70. The van der Waals surface area contributed by atoms with Crippen LogP contribution in [0.25, 0.3) is 11.0 Å². The number of fused-ring (bicyclic) bond motifs is 4. The zero-order chi connectivity index (χ0) is 16.4. The lowest BCUT2D eigenvalue weighted by molar-refractivity contribution is 0.554. The van der Waals surface area contributed by atoms with E-state index in [-0.39, 0.29) is 5.63 Å². The van der Waals surface area contributed by atoms with Gasteiger partial charge in [0.15, 0.2) is 0 Å². The molecule has 2 atom stereocenters. The van der Waals surface area contributed by atoms with Crippen LogP contribution >= 0.6 is 15.9 Å². The van der Waals surface area contributed by atoms with Crippen molar-refractivity contribution >= 4 is 32.6 Å². The highest BCUT2D eigenvalue weighted by atomic mass is 79.9. The Labute approximate surface area is 148 Å². The molecule has 0 radical (unpaired) electrons. The minimum absolute atomic E-state index is 0.271. The number of halogens is 1. The molecule has 3 nitrogen and oxygen atoms in total. The van der Waals surface area contributed by atoms with Gasteiger partial charge in [0.1, 0.15) is 5.58 Å². The normalized spacial score (nSPS) is 21.5. The second-order valence-electron chi connectivity index (χ2n) is 6.78. The van der Waals surface area contributed by atoms with Crippen molar-refractivity contribution in [1.82, 2.24) is 0 Å². The summed E-state index contributed by atoms with van der Waals surface area (Å²) in [5.74, 6) is 0. The predicted molar refractivity (Wildman–Crippen MR) is 98.8 cm³/mol. The van der Waals surface area contributed by atoms with Gasteiger partial charge in [-0.15, -0.1) is 0 Å². The first-order valence-electron chi connectivity index (χ1n) is 8.21. The fraction of sp³-hybridized carbons (Fsp3) is 0.250. The molecule has 2 aliphatic rings. The van der Waals surface area contributed by atoms with Gasteiger partial charge in [-0.1, -0.05) is 18.2 Å². The lowest BCUT2D eigenvalue weighted by Gasteiger charge is -2.13. The van der Waals surface area contributed by atoms with Gasteiger partial charge in [0.05, 0.1) is 17.8 Å². The fourth-order valence-electron chi connectivity index (χ4n) is 4.06. The highest BCUT2D eigenvalue weighted by molar-refractivity contribution is 9.10. The molecule has 1 saturated heterocycles. The monoisotopic (exact) mass is 381 g/mol. The van der Waals surface area contributed by atoms with E-state index < -0.39 is 0 Å². The standard InChI is InChI=1S/C20H16BrNO2/c1-11-2-6-16(15(21)8-11)22-17-9-13-4-3-12-5-7-19(23)24-20(12)14(13)10-18(17)22/h2-8,17-18H,9-10H2,1H3. The van der Waals surface area contributed by atoms with E-state index in [1.54, 1.807) is 0 Å². The van der Waals surface area contributed by atoms with Gasteiger partial charge in [0.25, 0.3) is 0 Å². The van der Waals surface area contributed by atoms with Crippen molar-refractivity contribution in [1.29, 1.82) is 0 Å². The largest absolute Gasteiger partial charge is 0.422 e. The van der Waals surface area contributed by atoms with Crippen LogP contribution in [0.2, 0.25) is 0 Å². The second kappa shape index (κ2) is 4.96. The average Bonchev–Trinajstić information content (AvgIpc) is 3.25. The molecule has 0 amide bonds. The summed E-state index contributed by atoms with van der Waals surface area (Å²) in [6, 6.07) is 15.2. The van der Waals surface area contributed by atoms with Crippen molar-refractivity contribution in [2.75, 3.05) is 4.90 Å². The summed E-state index contributed by atoms with van der Waals surface area (Å²) in [5.41, 5.74) is 5.53. The summed E-state index contributed by atoms with van der Waals surface area (Å²) < 4.78 is 6.67. The minimum Gasteiger partial charge on any atom is -0.422 e. The first-order valence-corrected chi connectivity index (χ1v) is 9.00. The lowest BCUT2D eigenvalue weighted by Crippen LogP contribution is -2.12. The smallest absolute Gasteiger partial charge is 0.336 e. The molecule has 0 spiro atoms. The Kier molecular flexibility index (Phi) is 2.95. The van der Waals surface area contributed by atoms with Gasteiger partial charge in [-0.05, 0) is 65.0 Å². The molecule has 24 heavy (non-hydrogen) atoms. The van der Waals surface area contributed by atoms with E-state index in [1.165, 1.54) is 28.4 Å². The molecule has 0 saturated carbocycles. The van der Waals surface area contributed by atoms with Crippen molar-refractivity contribution in [2.45, 2.75) is 31.8 Å². The van der Waals surface area contributed by atoms with E-state index in [1.807, 2.05) is 6.07 Å². The van der Waals surface area contributed by atoms with Crippen molar-refractivity contribution < 1.29 is 4.42 Å². The van der Waals surface area contributed by atoms with Gasteiger partial charge in [-0.2, -0.15) is 0 Å². The maximum Gasteiger partial charge on any atom is 0.336 e. The molecular weight excluding hydrogens is 366 g/mol. The topological polar surface area (TPSA) is 33.2 Å². The maximum atomic E-state index is 11.6. The Bertz CT molecular complexity index is 1040. The second-order valence-corrected chi connectivity index (χ2v) is 7.64. The van der Waals surface area contributed by atoms with E-state index in [2.05, 4.69) is 58.1 Å². The van der Waals surface area contributed by atoms with Crippen LogP contribution in [0.1, 0.15) is 16.7 Å². The van der Waals surface area contributed by atoms with E-state index in [9.17, 15) is 4.79 Å². The molecule has 4 heteroatoms. The van der Waals surface area contributed by atoms with Crippen LogP contribution in [0.5, 0.6) is 0 Å². The summed E-state index contributed by atoms with van der Waals surface area (Å²) in [7, 11) is 0. The maximum absolute atomic E-state index is 11.6. The number of anilines is 1. The minimum atomic E-state index is -0.271. The number of nitrogens with zero attached hydrogens (tertiary/aromatic N) is 1. The molecule has 1 aliphatic carbocycles. The fourth-order valence-corrected chi connectivity index (χ4v) is 4.76. The number of benzene rings is 2. The summed E-state index contributed by atoms with van der Waals surface area (Å²) in [6.07, 6.45) is 1.94. The molecular formula is C20H16BrNO2. The Balaban J connectivity index is 1.56. The van der Waals surface area contributed by atoms with E-state index in [0.717, 1.165) is 28.3 Å². The zero-order valence-corrected chi connectivity index (χ0v) is 14.8. The Morgan fingerprint density at radius 3 is 2.71 bits per heavy atom. The van der Waals surface area contributed by atoms with Crippen LogP contribution in [0.15, 0.2) is 56.1 Å². The average molecular weight is 382 g/mol. The van der Waals surface area contributed by atoms with Gasteiger partial charge in [0, 0.05) is 21.5 Å². The van der Waals surface area contributed by atoms with Gasteiger partial charge in [-0.3, -0.25) is 0 Å². The molecule has 1 aromatic heterocycles. The van der Waals surface area contributed by atoms with Crippen molar-refractivity contribution in [2.24, 2.45) is 0 Å². The molecule has 0 N–H and O–H groups in total. The van der Waals surface area contributed by atoms with Gasteiger partial charge < -0.3 is 9.32 Å². The molecule has 2 heterocycles. The summed E-state index contributed by atoms with van der Waals surface area (Å²) in [6.45, 7) is 2.10. The van der Waals surface area contributed by atoms with Crippen molar-refractivity contribution in [3.63, 3.8) is 0 Å². The van der Waals surface area contributed by atoms with Crippen LogP contribution < -0.4 is 10.5 Å². The van der Waals surface area contributed by atoms with Crippen molar-refractivity contribution in [3.8, 4) is 0 Å². The highest BCUT2D eigenvalue weighted by Crippen LogP contribution is 2.46. The van der Waals surface area contributed by atoms with Gasteiger partial charge in [0.2, 0.25) is 0 Å². The molecule has 3 aromatic rings. The Morgan fingerprint density at radius 1 is 1.08 bits per heavy atom. The summed E-state index contributed by atoms with van der Waals surface area (Å²) in [5, 5.41) is 1.01. The van der Waals surface area contributed by atoms with Crippen LogP contribution in [0.3, 0.4) is 0 Å². The Morgan fingerprint density at radius 2 is 1.88 bits per heavy atom. The molecule has 1 aliphatic heterocycles. The number of aryl methyl sites for hydroxylation is 1. The first-order chi connectivity index (χ1) is 11.6. The van der Waals surface area contributed by atoms with Crippen LogP contribution in [-0.2, 0) is 12.8 Å². The van der Waals surface area contributed by atoms with Crippen LogP contribution in [0, 0.1) is 6.92 Å². The number of rotatable bonds is 1. The molecule has 0 bridgehead atoms. The van der Waals surface area contributed by atoms with Gasteiger partial charge in [-0.25, -0.2) is 4.79 Å². The van der Waals surface area contributed by atoms with Crippen LogP contribution in [0.4, 0.5) is 5.69 Å².